The summed E-state index contributed by atoms with van der Waals surface area (Å²) in [4.78, 5) is 15.3. The molecule has 0 N–H and O–H groups in total. The van der Waals surface area contributed by atoms with Crippen molar-refractivity contribution in [1.82, 2.24) is 0 Å². The number of rotatable bonds is 16. The Morgan fingerprint density at radius 3 is 0.682 bits per heavy atom. The Balaban J connectivity index is 0.000000149. The van der Waals surface area contributed by atoms with E-state index < -0.39 is 51.0 Å². The van der Waals surface area contributed by atoms with Crippen LogP contribution >= 0.6 is 0 Å². The molecule has 0 saturated heterocycles. The standard InChI is InChI=1S/4C34H35N2O/c2*1-19(2)24-11-13-25(14-12-24)32-29(35-8)17-16-27-26-15-10-21(5)31(33(26)37-34(27)32)30-18-28(20(3)4)22(6)23(7)36(30)9;2*1-19(2)24-11-13-25(14-12-24)32-28(35-8)17-16-27-26-15-10-21(5)31(33(26)37-34(27)32)29-18-22(6)30(20(3)4)23(7)36(29)9/h4*10-20H,1-7,9H3/q4*+1/i3D3,6D3,18D,20D;6D3,18D,20D;3D3,18D,20D;18D,20D. The molecule has 2 atom stereocenters. The largest absolute Gasteiger partial charge is 0.456 e. The molecule has 0 aliphatic rings. The lowest BCUT2D eigenvalue weighted by molar-refractivity contribution is -0.667. The molecule has 148 heavy (non-hydrogen) atoms. The molecule has 12 nitrogen and oxygen atoms in total. The van der Waals surface area contributed by atoms with Crippen LogP contribution in [0.25, 0.3) is 197 Å². The molecule has 12 heteroatoms. The van der Waals surface area contributed by atoms with Gasteiger partial charge in [0.2, 0.25) is 22.8 Å². The van der Waals surface area contributed by atoms with Crippen LogP contribution < -0.4 is 18.3 Å². The molecule has 0 spiro atoms. The Morgan fingerprint density at radius 1 is 0.250 bits per heavy atom. The predicted molar refractivity (Wildman–Crippen MR) is 618 cm³/mol. The lowest BCUT2D eigenvalue weighted by Gasteiger charge is -2.15. The second-order valence-corrected chi connectivity index (χ2v) is 41.1. The van der Waals surface area contributed by atoms with Gasteiger partial charge in [0.25, 0.3) is 0 Å². The zero-order valence-electron chi connectivity index (χ0n) is 110. The van der Waals surface area contributed by atoms with Gasteiger partial charge in [-0.1, -0.05) is 305 Å². The van der Waals surface area contributed by atoms with Gasteiger partial charge in [0.1, 0.15) is 72.9 Å². The molecule has 8 heterocycles. The molecule has 8 aromatic heterocycles. The summed E-state index contributed by atoms with van der Waals surface area (Å²) in [5.74, 6) is -4.90. The van der Waals surface area contributed by atoms with Crippen LogP contribution in [0.15, 0.2) is 236 Å². The first-order valence-electron chi connectivity index (χ1n) is 60.3. The van der Waals surface area contributed by atoms with Crippen LogP contribution in [0.3, 0.4) is 0 Å². The van der Waals surface area contributed by atoms with Crippen LogP contribution in [0.2, 0.25) is 0 Å². The highest BCUT2D eigenvalue weighted by atomic mass is 16.3. The Bertz CT molecular complexity index is 9890. The lowest BCUT2D eigenvalue weighted by Crippen LogP contribution is -2.37. The number of hydrogen-bond acceptors (Lipinski definition) is 4. The van der Waals surface area contributed by atoms with E-state index in [1.807, 2.05) is 199 Å². The quantitative estimate of drug-likeness (QED) is 0.0712. The van der Waals surface area contributed by atoms with Crippen LogP contribution in [0.1, 0.15) is 297 Å². The van der Waals surface area contributed by atoms with Crippen molar-refractivity contribution in [3.63, 3.8) is 0 Å². The fraction of sp³-hybridized carbons (Fsp3) is 0.294. The number of pyridine rings is 4. The average Bonchev–Trinajstić information content (AvgIpc) is 0.908. The SMILES string of the molecule is [2H]c1c(C([2H])(C)C([2H])([2H])[2H])c(C([2H])([2H])[2H])c(C)[n+](C)c1-c1c(C)ccc2c1oc1c(-c3ccc(C(C)C)cc3)c([N+]#[C-])ccc12.[2H]c1c(C([2H])(C)C)c(C([2H])([2H])[2H])c(C)[n+](C)c1-c1c(C)ccc2c1oc1c(-c3ccc(C(C)C)cc3)c([N+]#[C-])ccc12.[2H]c1c(C)c(C([2H])(C)C([2H])([2H])[2H])c(C)[n+](C)c1-c1c(C)ccc2c1oc1c(-c3ccc(C(C)C)cc3)c([N+]#[C-])ccc12.[2H]c1c(C)c(C([2H])(C)C)c(C)[n+](C)c1-c1c(C)ccc2c1oc1c(-c3ccc(C(C)C)cc3)c([N+]#[C-])ccc12. The summed E-state index contributed by atoms with van der Waals surface area (Å²) in [5, 5.41) is 6.84. The van der Waals surface area contributed by atoms with Gasteiger partial charge in [-0.25, -0.2) is 19.4 Å². The molecule has 0 aliphatic carbocycles. The van der Waals surface area contributed by atoms with Gasteiger partial charge in [0.15, 0.2) is 45.5 Å². The van der Waals surface area contributed by atoms with Gasteiger partial charge in [-0.2, -0.15) is 18.3 Å². The first kappa shape index (κ1) is 80.6. The zero-order chi connectivity index (χ0) is 124. The van der Waals surface area contributed by atoms with E-state index in [4.69, 9.17) is 65.9 Å². The van der Waals surface area contributed by atoms with Gasteiger partial charge in [0.05, 0.1) is 54.0 Å². The molecule has 0 amide bonds. The summed E-state index contributed by atoms with van der Waals surface area (Å²) >= 11 is 0. The summed E-state index contributed by atoms with van der Waals surface area (Å²) in [6.45, 7) is 66.1. The molecule has 2 unspecified atom stereocenters. The van der Waals surface area contributed by atoms with Crippen LogP contribution in [0.5, 0.6) is 0 Å². The Hall–Kier alpha value is -15.6. The highest BCUT2D eigenvalue weighted by molar-refractivity contribution is 6.19. The number of nitrogens with zero attached hydrogens (tertiary/aromatic N) is 8. The molecular formula is C136H140N8O4+4. The van der Waals surface area contributed by atoms with Crippen molar-refractivity contribution in [3.8, 4) is 89.5 Å². The normalized spacial score (nSPS) is 14.9. The number of aromatic nitrogens is 4. The van der Waals surface area contributed by atoms with Crippen molar-refractivity contribution >= 4 is 111 Å². The van der Waals surface area contributed by atoms with E-state index in [1.165, 1.54) is 29.2 Å². The second-order valence-electron chi connectivity index (χ2n) is 41.1. The van der Waals surface area contributed by atoms with Crippen molar-refractivity contribution in [2.75, 3.05) is 0 Å². The van der Waals surface area contributed by atoms with Gasteiger partial charge in [-0.05, 0) is 192 Å². The maximum absolute atomic E-state index is 9.36. The second kappa shape index (κ2) is 41.4. The van der Waals surface area contributed by atoms with Crippen LogP contribution in [0, 0.1) is 109 Å². The first-order chi connectivity index (χ1) is 78.4. The molecule has 0 radical (unpaired) electrons. The molecule has 12 aromatic carbocycles. The smallest absolute Gasteiger partial charge is 0.216 e. The third kappa shape index (κ3) is 18.4. The highest BCUT2D eigenvalue weighted by Gasteiger charge is 2.34. The molecule has 744 valence electrons. The zero-order valence-corrected chi connectivity index (χ0v) is 90.0. The van der Waals surface area contributed by atoms with Gasteiger partial charge < -0.3 is 17.7 Å². The summed E-state index contributed by atoms with van der Waals surface area (Å²) < 4.78 is 204. The van der Waals surface area contributed by atoms with Gasteiger partial charge >= 0.3 is 0 Å². The monoisotopic (exact) mass is 1970 g/mol. The van der Waals surface area contributed by atoms with Crippen molar-refractivity contribution < 1.29 is 63.4 Å². The van der Waals surface area contributed by atoms with Gasteiger partial charge in [0, 0.05) is 161 Å². The molecule has 0 bridgehead atoms. The van der Waals surface area contributed by atoms with Gasteiger partial charge in [-0.3, -0.25) is 0 Å². The predicted octanol–water partition coefficient (Wildman–Crippen LogP) is 37.9. The van der Waals surface area contributed by atoms with Crippen LogP contribution in [-0.4, -0.2) is 0 Å². The van der Waals surface area contributed by atoms with E-state index >= 15 is 0 Å². The van der Waals surface area contributed by atoms with E-state index in [1.54, 1.807) is 77.9 Å². The summed E-state index contributed by atoms with van der Waals surface area (Å²) in [5.41, 5.74) is 30.6. The fourth-order valence-corrected chi connectivity index (χ4v) is 21.1. The van der Waals surface area contributed by atoms with Crippen LogP contribution in [-0.2, 0) is 28.2 Å². The Morgan fingerprint density at radius 2 is 0.466 bits per heavy atom. The third-order valence-electron chi connectivity index (χ3n) is 29.8. The molecule has 0 aliphatic heterocycles. The van der Waals surface area contributed by atoms with Gasteiger partial charge in [-0.15, -0.1) is 0 Å². The van der Waals surface area contributed by atoms with E-state index in [0.29, 0.717) is 153 Å². The maximum Gasteiger partial charge on any atom is 0.216 e. The molecule has 0 saturated carbocycles. The number of furan rings is 4. The minimum Gasteiger partial charge on any atom is -0.456 e. The lowest BCUT2D eigenvalue weighted by atomic mass is 9.92. The number of aryl methyl sites for hydroxylation is 4. The molecule has 0 fully saturated rings. The van der Waals surface area contributed by atoms with E-state index in [2.05, 4.69) is 135 Å². The topological polar surface area (TPSA) is 85.5 Å². The summed E-state index contributed by atoms with van der Waals surface area (Å²) in [6, 6.07) is 64.0. The average molecular weight is 1970 g/mol. The number of fused-ring (bicyclic) bond motifs is 12. The van der Waals surface area contributed by atoms with E-state index in [9.17, 15) is 5.48 Å². The van der Waals surface area contributed by atoms with Crippen molar-refractivity contribution in [2.24, 2.45) is 28.2 Å². The molecule has 20 rings (SSSR count). The number of hydrogen-bond donors (Lipinski definition) is 0. The summed E-state index contributed by atoms with van der Waals surface area (Å²) in [7, 11) is 7.18. The Labute approximate surface area is 903 Å². The van der Waals surface area contributed by atoms with Crippen molar-refractivity contribution in [2.45, 2.75) is 241 Å². The minimum absolute atomic E-state index is 0.00312. The molecular weight excluding hydrogens is 1810 g/mol. The first-order valence-corrected chi connectivity index (χ1v) is 50.3. The van der Waals surface area contributed by atoms with Crippen LogP contribution in [0.4, 0.5) is 22.7 Å². The minimum atomic E-state index is -2.91. The highest BCUT2D eigenvalue weighted by Crippen LogP contribution is 2.52. The third-order valence-corrected chi connectivity index (χ3v) is 29.8. The summed E-state index contributed by atoms with van der Waals surface area (Å²) in [6.07, 6.45) is 0. The maximum atomic E-state index is 9.36. The van der Waals surface area contributed by atoms with Crippen molar-refractivity contribution in [1.29, 1.82) is 0 Å². The molecule has 20 aromatic rings. The Kier molecular flexibility index (Phi) is 22.5. The fourth-order valence-electron chi connectivity index (χ4n) is 21.1. The van der Waals surface area contributed by atoms with E-state index in [0.717, 1.165) is 139 Å². The van der Waals surface area contributed by atoms with E-state index in [-0.39, 0.29) is 51.8 Å². The number of benzene rings is 12. The van der Waals surface area contributed by atoms with Crippen molar-refractivity contribution in [3.05, 3.63) is 376 Å².